The maximum Gasteiger partial charge on any atom is 0.357 e. The molecule has 9 nitrogen and oxygen atoms in total. The lowest BCUT2D eigenvalue weighted by Crippen LogP contribution is -2.20. The van der Waals surface area contributed by atoms with E-state index in [1.165, 1.54) is 6.33 Å². The van der Waals surface area contributed by atoms with Gasteiger partial charge in [-0.1, -0.05) is 54.1 Å². The Morgan fingerprint density at radius 2 is 1.82 bits per heavy atom. The molecule has 5 rings (SSSR count). The minimum absolute atomic E-state index is 0.183. The van der Waals surface area contributed by atoms with Gasteiger partial charge in [0.15, 0.2) is 11.5 Å². The number of rotatable bonds is 7. The molecule has 2 aromatic heterocycles. The van der Waals surface area contributed by atoms with Gasteiger partial charge in [0.25, 0.3) is 0 Å². The highest BCUT2D eigenvalue weighted by molar-refractivity contribution is 7.53. The number of fused-ring (bicyclic) bond motifs is 1. The van der Waals surface area contributed by atoms with Gasteiger partial charge in [-0.3, -0.25) is 13.6 Å². The van der Waals surface area contributed by atoms with Gasteiger partial charge in [0.05, 0.1) is 25.1 Å². The Morgan fingerprint density at radius 1 is 1.06 bits per heavy atom. The van der Waals surface area contributed by atoms with Gasteiger partial charge in [0.2, 0.25) is 0 Å². The summed E-state index contributed by atoms with van der Waals surface area (Å²) in [5, 5.41) is 0.590. The predicted octanol–water partition coefficient (Wildman–Crippen LogP) is 5.15. The van der Waals surface area contributed by atoms with Crippen LogP contribution < -0.4 is 5.73 Å². The van der Waals surface area contributed by atoms with Crippen LogP contribution in [0.15, 0.2) is 67.3 Å². The Kier molecular flexibility index (Phi) is 6.63. The molecular formula is C23H23ClN5O4P. The highest BCUT2D eigenvalue weighted by Crippen LogP contribution is 2.61. The summed E-state index contributed by atoms with van der Waals surface area (Å²) in [6, 6.07) is 17.1. The molecule has 176 valence electrons. The van der Waals surface area contributed by atoms with Crippen LogP contribution >= 0.6 is 19.2 Å². The lowest BCUT2D eigenvalue weighted by molar-refractivity contribution is 0.0137. The quantitative estimate of drug-likeness (QED) is 0.274. The Bertz CT molecular complexity index is 1340. The monoisotopic (exact) mass is 499 g/mol. The molecule has 11 heteroatoms. The van der Waals surface area contributed by atoms with E-state index in [1.54, 1.807) is 17.0 Å². The van der Waals surface area contributed by atoms with E-state index in [9.17, 15) is 4.57 Å². The number of nitrogens with two attached hydrogens (primary N) is 1. The predicted molar refractivity (Wildman–Crippen MR) is 128 cm³/mol. The van der Waals surface area contributed by atoms with Crippen molar-refractivity contribution in [1.29, 1.82) is 0 Å². The molecule has 0 radical (unpaired) electrons. The molecule has 2 N–H and O–H groups in total. The van der Waals surface area contributed by atoms with Crippen molar-refractivity contribution < 1.29 is 18.3 Å². The Hall–Kier alpha value is -2.81. The highest BCUT2D eigenvalue weighted by Gasteiger charge is 2.40. The Balaban J connectivity index is 1.29. The highest BCUT2D eigenvalue weighted by atomic mass is 35.5. The first kappa shape index (κ1) is 23.0. The lowest BCUT2D eigenvalue weighted by atomic mass is 9.99. The zero-order valence-electron chi connectivity index (χ0n) is 18.2. The molecule has 3 atom stereocenters. The first-order chi connectivity index (χ1) is 16.5. The van der Waals surface area contributed by atoms with Gasteiger partial charge >= 0.3 is 7.60 Å². The van der Waals surface area contributed by atoms with E-state index >= 15 is 0 Å². The van der Waals surface area contributed by atoms with Gasteiger partial charge in [-0.15, -0.1) is 0 Å². The van der Waals surface area contributed by atoms with Crippen LogP contribution in [-0.4, -0.2) is 32.5 Å². The van der Waals surface area contributed by atoms with Crippen LogP contribution in [0, 0.1) is 0 Å². The smallest absolute Gasteiger partial charge is 0.357 e. The molecule has 0 amide bonds. The van der Waals surface area contributed by atoms with Crippen molar-refractivity contribution in [2.45, 2.75) is 25.2 Å². The van der Waals surface area contributed by atoms with Crippen LogP contribution in [0.3, 0.4) is 0 Å². The standard InChI is InChI=1S/C23H23ClN5O4P/c24-18-8-4-7-17(11-18)20-12-19(16-5-2-1-3-6-16)32-34(30,33-20)15-31-10-9-29-14-28-21-22(25)26-13-27-23(21)29/h1-8,11,13-14,19-20H,9-10,12,15H2,(H2,25,26,27)/t19-,20-,34+/m1/s1. The maximum atomic E-state index is 13.6. The molecule has 0 saturated carbocycles. The number of nitrogen functional groups attached to an aromatic ring is 1. The van der Waals surface area contributed by atoms with Gasteiger partial charge in [-0.25, -0.2) is 15.0 Å². The number of imidazole rings is 1. The summed E-state index contributed by atoms with van der Waals surface area (Å²) in [6.07, 6.45) is 2.50. The zero-order valence-corrected chi connectivity index (χ0v) is 19.8. The minimum Gasteiger partial charge on any atom is -0.382 e. The van der Waals surface area contributed by atoms with Crippen LogP contribution in [0.5, 0.6) is 0 Å². The van der Waals surface area contributed by atoms with E-state index in [2.05, 4.69) is 15.0 Å². The fourth-order valence-electron chi connectivity index (χ4n) is 3.92. The third-order valence-corrected chi connectivity index (χ3v) is 7.44. The summed E-state index contributed by atoms with van der Waals surface area (Å²) < 4.78 is 33.2. The van der Waals surface area contributed by atoms with Gasteiger partial charge in [-0.2, -0.15) is 0 Å². The number of nitrogens with zero attached hydrogens (tertiary/aromatic N) is 4. The van der Waals surface area contributed by atoms with Crippen molar-refractivity contribution in [3.05, 3.63) is 83.4 Å². The molecule has 0 bridgehead atoms. The molecule has 2 aromatic carbocycles. The maximum absolute atomic E-state index is 13.6. The van der Waals surface area contributed by atoms with Crippen molar-refractivity contribution in [3.63, 3.8) is 0 Å². The normalized spacial score (nSPS) is 22.7. The summed E-state index contributed by atoms with van der Waals surface area (Å²) in [7, 11) is -3.57. The molecular weight excluding hydrogens is 477 g/mol. The van der Waals surface area contributed by atoms with E-state index in [0.29, 0.717) is 35.0 Å². The van der Waals surface area contributed by atoms with E-state index in [0.717, 1.165) is 11.1 Å². The molecule has 1 saturated heterocycles. The average Bonchev–Trinajstić information content (AvgIpc) is 3.26. The van der Waals surface area contributed by atoms with E-state index in [4.69, 9.17) is 31.1 Å². The number of aromatic nitrogens is 4. The molecule has 0 aliphatic carbocycles. The van der Waals surface area contributed by atoms with Gasteiger partial charge < -0.3 is 15.0 Å². The SMILES string of the molecule is Nc1ncnc2c1ncn2CCOC[P@]1(=O)O[C@@H](c2ccccc2)C[C@H](c2cccc(Cl)c2)O1. The molecule has 1 fully saturated rings. The molecule has 4 aromatic rings. The fourth-order valence-corrected chi connectivity index (χ4v) is 5.84. The second-order valence-corrected chi connectivity index (χ2v) is 10.2. The largest absolute Gasteiger partial charge is 0.382 e. The number of hydrogen-bond acceptors (Lipinski definition) is 8. The van der Waals surface area contributed by atoms with Crippen molar-refractivity contribution in [3.8, 4) is 0 Å². The molecule has 34 heavy (non-hydrogen) atoms. The van der Waals surface area contributed by atoms with E-state index in [-0.39, 0.29) is 13.0 Å². The molecule has 1 aliphatic rings. The second-order valence-electron chi connectivity index (χ2n) is 7.91. The third kappa shape index (κ3) is 4.99. The first-order valence-electron chi connectivity index (χ1n) is 10.8. The van der Waals surface area contributed by atoms with Gasteiger partial charge in [-0.05, 0) is 23.3 Å². The summed E-state index contributed by atoms with van der Waals surface area (Å²) in [5.74, 6) is 0.317. The number of halogens is 1. The van der Waals surface area contributed by atoms with Crippen LogP contribution in [0.1, 0.15) is 29.8 Å². The first-order valence-corrected chi connectivity index (χ1v) is 12.9. The number of ether oxygens (including phenoxy) is 1. The number of hydrogen-bond donors (Lipinski definition) is 1. The van der Waals surface area contributed by atoms with E-state index in [1.807, 2.05) is 48.5 Å². The van der Waals surface area contributed by atoms with Crippen LogP contribution in [0.2, 0.25) is 5.02 Å². The molecule has 0 unspecified atom stereocenters. The number of benzene rings is 2. The minimum atomic E-state index is -3.57. The average molecular weight is 500 g/mol. The summed E-state index contributed by atoms with van der Waals surface area (Å²) in [5.41, 5.74) is 8.75. The van der Waals surface area contributed by atoms with Crippen LogP contribution in [0.25, 0.3) is 11.2 Å². The van der Waals surface area contributed by atoms with Crippen molar-refractivity contribution in [2.75, 3.05) is 18.7 Å². The van der Waals surface area contributed by atoms with Gasteiger partial charge in [0.1, 0.15) is 18.2 Å². The van der Waals surface area contributed by atoms with Crippen LogP contribution in [-0.2, 0) is 24.9 Å². The molecule has 0 spiro atoms. The number of anilines is 1. The van der Waals surface area contributed by atoms with Crippen molar-refractivity contribution in [1.82, 2.24) is 19.5 Å². The third-order valence-electron chi connectivity index (χ3n) is 5.55. The molecule has 1 aliphatic heterocycles. The summed E-state index contributed by atoms with van der Waals surface area (Å²) in [6.45, 7) is 0.691. The fraction of sp³-hybridized carbons (Fsp3) is 0.261. The Morgan fingerprint density at radius 3 is 2.62 bits per heavy atom. The van der Waals surface area contributed by atoms with Crippen LogP contribution in [0.4, 0.5) is 5.82 Å². The van der Waals surface area contributed by atoms with Crippen molar-refractivity contribution >= 4 is 36.2 Å². The molecule has 3 heterocycles. The second kappa shape index (κ2) is 9.82. The van der Waals surface area contributed by atoms with Gasteiger partial charge in [0, 0.05) is 18.0 Å². The summed E-state index contributed by atoms with van der Waals surface area (Å²) in [4.78, 5) is 12.4. The Labute approximate surface area is 201 Å². The summed E-state index contributed by atoms with van der Waals surface area (Å²) >= 11 is 6.19. The van der Waals surface area contributed by atoms with E-state index < -0.39 is 19.8 Å². The lowest BCUT2D eigenvalue weighted by Gasteiger charge is -2.35. The van der Waals surface area contributed by atoms with Crippen molar-refractivity contribution in [2.24, 2.45) is 0 Å². The topological polar surface area (TPSA) is 114 Å². The zero-order chi connectivity index (χ0) is 23.5.